The van der Waals surface area contributed by atoms with Gasteiger partial charge in [-0.3, -0.25) is 9.78 Å². The SMILES string of the molecule is CNCC(=O)NC(c1nc(-c2ccncc2)no1)C(C)C.Cl. The number of halogens is 1. The summed E-state index contributed by atoms with van der Waals surface area (Å²) in [6.45, 7) is 4.22. The van der Waals surface area contributed by atoms with Crippen LogP contribution in [0.25, 0.3) is 11.4 Å². The van der Waals surface area contributed by atoms with Crippen LogP contribution in [-0.4, -0.2) is 34.6 Å². The summed E-state index contributed by atoms with van der Waals surface area (Å²) in [5.41, 5.74) is 0.823. The fourth-order valence-electron chi connectivity index (χ4n) is 1.88. The van der Waals surface area contributed by atoms with Gasteiger partial charge in [-0.05, 0) is 25.1 Å². The van der Waals surface area contributed by atoms with E-state index < -0.39 is 0 Å². The zero-order valence-electron chi connectivity index (χ0n) is 12.7. The number of carbonyl (C=O) groups excluding carboxylic acids is 1. The van der Waals surface area contributed by atoms with Crippen LogP contribution in [0.1, 0.15) is 25.8 Å². The van der Waals surface area contributed by atoms with E-state index in [1.807, 2.05) is 13.8 Å². The molecule has 2 aromatic rings. The number of rotatable bonds is 6. The topological polar surface area (TPSA) is 92.9 Å². The number of pyridine rings is 1. The van der Waals surface area contributed by atoms with Gasteiger partial charge in [-0.25, -0.2) is 0 Å². The van der Waals surface area contributed by atoms with E-state index in [0.717, 1.165) is 5.56 Å². The molecule has 0 aliphatic heterocycles. The maximum absolute atomic E-state index is 11.7. The maximum Gasteiger partial charge on any atom is 0.249 e. The molecule has 1 amide bonds. The Balaban J connectivity index is 0.00000242. The van der Waals surface area contributed by atoms with Gasteiger partial charge in [0.05, 0.1) is 6.54 Å². The van der Waals surface area contributed by atoms with Crippen molar-refractivity contribution < 1.29 is 9.32 Å². The second-order valence-electron chi connectivity index (χ2n) is 5.01. The summed E-state index contributed by atoms with van der Waals surface area (Å²) < 4.78 is 5.30. The third-order valence-electron chi connectivity index (χ3n) is 2.97. The summed E-state index contributed by atoms with van der Waals surface area (Å²) in [7, 11) is 1.72. The minimum atomic E-state index is -0.311. The van der Waals surface area contributed by atoms with Crippen molar-refractivity contribution in [1.29, 1.82) is 0 Å². The van der Waals surface area contributed by atoms with Crippen molar-refractivity contribution in [3.63, 3.8) is 0 Å². The summed E-state index contributed by atoms with van der Waals surface area (Å²) >= 11 is 0. The molecule has 120 valence electrons. The average Bonchev–Trinajstić information content (AvgIpc) is 2.95. The van der Waals surface area contributed by atoms with Gasteiger partial charge in [0, 0.05) is 18.0 Å². The molecule has 0 radical (unpaired) electrons. The summed E-state index contributed by atoms with van der Waals surface area (Å²) in [6, 6.07) is 3.30. The van der Waals surface area contributed by atoms with Crippen LogP contribution in [0.2, 0.25) is 0 Å². The standard InChI is InChI=1S/C14H19N5O2.ClH/c1-9(2)12(17-11(20)8-15-3)14-18-13(19-21-14)10-4-6-16-7-5-10;/h4-7,9,12,15H,8H2,1-3H3,(H,17,20);1H. The number of hydrogen-bond acceptors (Lipinski definition) is 6. The summed E-state index contributed by atoms with van der Waals surface area (Å²) in [4.78, 5) is 20.1. The van der Waals surface area contributed by atoms with Crippen molar-refractivity contribution >= 4 is 18.3 Å². The van der Waals surface area contributed by atoms with Gasteiger partial charge in [-0.15, -0.1) is 12.4 Å². The van der Waals surface area contributed by atoms with Gasteiger partial charge in [0.15, 0.2) is 0 Å². The van der Waals surface area contributed by atoms with Crippen molar-refractivity contribution in [2.45, 2.75) is 19.9 Å². The Morgan fingerprint density at radius 1 is 1.32 bits per heavy atom. The van der Waals surface area contributed by atoms with E-state index in [0.29, 0.717) is 11.7 Å². The first-order chi connectivity index (χ1) is 10.1. The van der Waals surface area contributed by atoms with E-state index in [1.54, 1.807) is 31.6 Å². The van der Waals surface area contributed by atoms with E-state index in [-0.39, 0.29) is 36.8 Å². The molecular weight excluding hydrogens is 306 g/mol. The third-order valence-corrected chi connectivity index (χ3v) is 2.97. The van der Waals surface area contributed by atoms with Gasteiger partial charge < -0.3 is 15.2 Å². The van der Waals surface area contributed by atoms with E-state index >= 15 is 0 Å². The van der Waals surface area contributed by atoms with Crippen molar-refractivity contribution in [2.75, 3.05) is 13.6 Å². The molecular formula is C14H20ClN5O2. The number of likely N-dealkylation sites (N-methyl/N-ethyl adjacent to an activating group) is 1. The lowest BCUT2D eigenvalue weighted by molar-refractivity contribution is -0.121. The van der Waals surface area contributed by atoms with Gasteiger partial charge in [-0.2, -0.15) is 4.98 Å². The van der Waals surface area contributed by atoms with Gasteiger partial charge in [-0.1, -0.05) is 19.0 Å². The van der Waals surface area contributed by atoms with Crippen molar-refractivity contribution in [1.82, 2.24) is 25.8 Å². The van der Waals surface area contributed by atoms with Crippen LogP contribution < -0.4 is 10.6 Å². The molecule has 22 heavy (non-hydrogen) atoms. The predicted molar refractivity (Wildman–Crippen MR) is 84.4 cm³/mol. The Kier molecular flexibility index (Phi) is 6.94. The third kappa shape index (κ3) is 4.51. The van der Waals surface area contributed by atoms with E-state index in [9.17, 15) is 4.79 Å². The molecule has 1 unspecified atom stereocenters. The van der Waals surface area contributed by atoms with Crippen LogP contribution in [0.4, 0.5) is 0 Å². The molecule has 0 fully saturated rings. The molecule has 8 heteroatoms. The Labute approximate surface area is 135 Å². The highest BCUT2D eigenvalue weighted by atomic mass is 35.5. The fraction of sp³-hybridized carbons (Fsp3) is 0.429. The lowest BCUT2D eigenvalue weighted by Gasteiger charge is -2.18. The second kappa shape index (κ2) is 8.45. The van der Waals surface area contributed by atoms with Crippen LogP contribution in [0, 0.1) is 5.92 Å². The summed E-state index contributed by atoms with van der Waals surface area (Å²) in [5.74, 6) is 0.915. The Bertz CT molecular complexity index is 588. The molecule has 7 nitrogen and oxygen atoms in total. The number of amides is 1. The first-order valence-electron chi connectivity index (χ1n) is 6.79. The van der Waals surface area contributed by atoms with Gasteiger partial charge >= 0.3 is 0 Å². The maximum atomic E-state index is 11.7. The highest BCUT2D eigenvalue weighted by molar-refractivity contribution is 5.85. The van der Waals surface area contributed by atoms with E-state index in [1.165, 1.54) is 0 Å². The average molecular weight is 326 g/mol. The molecule has 1 atom stereocenters. The van der Waals surface area contributed by atoms with E-state index in [2.05, 4.69) is 25.8 Å². The monoisotopic (exact) mass is 325 g/mol. The molecule has 2 heterocycles. The first-order valence-corrected chi connectivity index (χ1v) is 6.79. The molecule has 2 rings (SSSR count). The minimum absolute atomic E-state index is 0. The smallest absolute Gasteiger partial charge is 0.249 e. The normalized spacial score (nSPS) is 11.8. The van der Waals surface area contributed by atoms with Crippen LogP contribution in [0.3, 0.4) is 0 Å². The zero-order valence-corrected chi connectivity index (χ0v) is 13.6. The molecule has 0 aromatic carbocycles. The molecule has 2 N–H and O–H groups in total. The molecule has 0 bridgehead atoms. The molecule has 0 saturated carbocycles. The predicted octanol–water partition coefficient (Wildman–Crippen LogP) is 1.59. The van der Waals surface area contributed by atoms with Gasteiger partial charge in [0.2, 0.25) is 17.6 Å². The van der Waals surface area contributed by atoms with Gasteiger partial charge in [0.25, 0.3) is 0 Å². The quantitative estimate of drug-likeness (QED) is 0.837. The number of nitrogens with one attached hydrogen (secondary N) is 2. The highest BCUT2D eigenvalue weighted by Crippen LogP contribution is 2.23. The van der Waals surface area contributed by atoms with Crippen LogP contribution >= 0.6 is 12.4 Å². The Morgan fingerprint density at radius 3 is 2.59 bits per heavy atom. The number of nitrogens with zero attached hydrogens (tertiary/aromatic N) is 3. The van der Waals surface area contributed by atoms with Crippen LogP contribution in [0.15, 0.2) is 29.0 Å². The number of carbonyl (C=O) groups is 1. The molecule has 0 saturated heterocycles. The largest absolute Gasteiger partial charge is 0.343 e. The second-order valence-corrected chi connectivity index (χ2v) is 5.01. The number of hydrogen-bond donors (Lipinski definition) is 2. The molecule has 0 spiro atoms. The molecule has 0 aliphatic carbocycles. The Morgan fingerprint density at radius 2 is 2.00 bits per heavy atom. The first kappa shape index (κ1) is 18.1. The Hall–Kier alpha value is -1.99. The fourth-order valence-corrected chi connectivity index (χ4v) is 1.88. The van der Waals surface area contributed by atoms with Gasteiger partial charge in [0.1, 0.15) is 6.04 Å². The van der Waals surface area contributed by atoms with E-state index in [4.69, 9.17) is 4.52 Å². The lowest BCUT2D eigenvalue weighted by Crippen LogP contribution is -2.37. The summed E-state index contributed by atoms with van der Waals surface area (Å²) in [5, 5.41) is 9.66. The highest BCUT2D eigenvalue weighted by Gasteiger charge is 2.24. The van der Waals surface area contributed by atoms with Crippen molar-refractivity contribution in [3.05, 3.63) is 30.4 Å². The van der Waals surface area contributed by atoms with Crippen molar-refractivity contribution in [2.24, 2.45) is 5.92 Å². The van der Waals surface area contributed by atoms with Crippen molar-refractivity contribution in [3.8, 4) is 11.4 Å². The zero-order chi connectivity index (χ0) is 15.2. The minimum Gasteiger partial charge on any atom is -0.343 e. The molecule has 2 aromatic heterocycles. The van der Waals surface area contributed by atoms with Crippen LogP contribution in [-0.2, 0) is 4.79 Å². The molecule has 0 aliphatic rings. The lowest BCUT2D eigenvalue weighted by atomic mass is 10.0. The number of aromatic nitrogens is 3. The summed E-state index contributed by atoms with van der Waals surface area (Å²) in [6.07, 6.45) is 3.33. The van der Waals surface area contributed by atoms with Crippen LogP contribution in [0.5, 0.6) is 0 Å².